The van der Waals surface area contributed by atoms with Crippen molar-refractivity contribution in [2.45, 2.75) is 53.9 Å². The van der Waals surface area contributed by atoms with Gasteiger partial charge in [0.1, 0.15) is 0 Å². The smallest absolute Gasteiger partial charge is 0.0825 e. The van der Waals surface area contributed by atoms with E-state index in [-0.39, 0.29) is 0 Å². The van der Waals surface area contributed by atoms with Gasteiger partial charge in [-0.05, 0) is 53.6 Å². The van der Waals surface area contributed by atoms with Crippen LogP contribution in [0.3, 0.4) is 0 Å². The van der Waals surface area contributed by atoms with Crippen molar-refractivity contribution in [3.8, 4) is 0 Å². The molecular formula is C16H42N2O5. The molecule has 0 saturated carbocycles. The van der Waals surface area contributed by atoms with Crippen molar-refractivity contribution >= 4 is 0 Å². The van der Waals surface area contributed by atoms with Gasteiger partial charge in [0.15, 0.2) is 0 Å². The Bertz CT molecular complexity index is 122. The zero-order valence-electron chi connectivity index (χ0n) is 16.3. The molecule has 0 aromatic heterocycles. The second kappa shape index (κ2) is 43.0. The maximum absolute atomic E-state index is 5.19. The van der Waals surface area contributed by atoms with Gasteiger partial charge in [0, 0.05) is 26.9 Å². The topological polar surface area (TPSA) is 98.2 Å². The standard InChI is InChI=1S/C5H13NO.C4H11N.C4H10O3.C3H8O/c1-2-7-5-3-4-6;1-2-3-4-5;1-3-5-7-6-4-2;1-3-4-2/h2-6H2,1H3;2-5H2,1H3;3-4H2,1-2H3;3H2,1-2H3. The third kappa shape index (κ3) is 73.5. The van der Waals surface area contributed by atoms with Gasteiger partial charge in [-0.15, -0.1) is 0 Å². The first kappa shape index (κ1) is 30.6. The zero-order chi connectivity index (χ0) is 18.6. The fourth-order valence-corrected chi connectivity index (χ4v) is 0.664. The molecule has 0 aliphatic rings. The van der Waals surface area contributed by atoms with Crippen LogP contribution in [0, 0.1) is 0 Å². The van der Waals surface area contributed by atoms with E-state index < -0.39 is 0 Å². The molecule has 0 radical (unpaired) electrons. The van der Waals surface area contributed by atoms with Crippen molar-refractivity contribution in [2.75, 3.05) is 53.2 Å². The van der Waals surface area contributed by atoms with Crippen molar-refractivity contribution in [2.24, 2.45) is 11.5 Å². The zero-order valence-corrected chi connectivity index (χ0v) is 16.3. The molecule has 0 aromatic rings. The quantitative estimate of drug-likeness (QED) is 0.338. The molecule has 0 unspecified atom stereocenters. The van der Waals surface area contributed by atoms with Crippen LogP contribution >= 0.6 is 0 Å². The second-order valence-corrected chi connectivity index (χ2v) is 3.94. The molecule has 0 atom stereocenters. The largest absolute Gasteiger partial charge is 0.385 e. The molecular weight excluding hydrogens is 300 g/mol. The summed E-state index contributed by atoms with van der Waals surface area (Å²) in [5.41, 5.74) is 10.3. The normalized spacial score (nSPS) is 8.87. The predicted molar refractivity (Wildman–Crippen MR) is 96.0 cm³/mol. The number of rotatable bonds is 11. The first-order valence-electron chi connectivity index (χ1n) is 8.54. The molecule has 0 aliphatic carbocycles. The lowest BCUT2D eigenvalue weighted by atomic mass is 10.3. The highest BCUT2D eigenvalue weighted by Gasteiger charge is 1.78. The molecule has 7 nitrogen and oxygen atoms in total. The highest BCUT2D eigenvalue weighted by Crippen LogP contribution is 1.78. The van der Waals surface area contributed by atoms with Crippen molar-refractivity contribution in [3.05, 3.63) is 0 Å². The van der Waals surface area contributed by atoms with E-state index in [4.69, 9.17) is 16.2 Å². The van der Waals surface area contributed by atoms with Crippen LogP contribution in [0.25, 0.3) is 0 Å². The first-order valence-corrected chi connectivity index (χ1v) is 8.54. The van der Waals surface area contributed by atoms with Gasteiger partial charge in [0.05, 0.1) is 13.2 Å². The van der Waals surface area contributed by atoms with Gasteiger partial charge in [0.25, 0.3) is 0 Å². The summed E-state index contributed by atoms with van der Waals surface area (Å²) in [6.07, 6.45) is 3.37. The molecule has 0 saturated heterocycles. The van der Waals surface area contributed by atoms with Crippen LogP contribution in [0.4, 0.5) is 0 Å². The van der Waals surface area contributed by atoms with Crippen LogP contribution in [0.2, 0.25) is 0 Å². The molecule has 0 aliphatic heterocycles. The summed E-state index contributed by atoms with van der Waals surface area (Å²) in [5, 5.41) is 4.13. The molecule has 0 spiro atoms. The van der Waals surface area contributed by atoms with Gasteiger partial charge in [-0.1, -0.05) is 18.4 Å². The first-order chi connectivity index (χ1) is 11.2. The molecule has 0 aromatic carbocycles. The van der Waals surface area contributed by atoms with E-state index in [2.05, 4.69) is 26.5 Å². The Morgan fingerprint density at radius 1 is 0.696 bits per heavy atom. The van der Waals surface area contributed by atoms with E-state index in [9.17, 15) is 0 Å². The Morgan fingerprint density at radius 3 is 1.39 bits per heavy atom. The number of hydrogen-bond donors (Lipinski definition) is 2. The van der Waals surface area contributed by atoms with E-state index in [1.807, 2.05) is 27.7 Å². The van der Waals surface area contributed by atoms with Crippen molar-refractivity contribution in [1.82, 2.24) is 0 Å². The van der Waals surface area contributed by atoms with Gasteiger partial charge in [0.2, 0.25) is 0 Å². The maximum Gasteiger partial charge on any atom is 0.0825 e. The fraction of sp³-hybridized carbons (Fsp3) is 1.00. The Balaban J connectivity index is -0.000000107. The molecule has 0 amide bonds. The summed E-state index contributed by atoms with van der Waals surface area (Å²) in [7, 11) is 1.68. The van der Waals surface area contributed by atoms with Crippen LogP contribution in [0.5, 0.6) is 0 Å². The van der Waals surface area contributed by atoms with Crippen molar-refractivity contribution in [1.29, 1.82) is 0 Å². The number of methoxy groups -OCH3 is 1. The Morgan fingerprint density at radius 2 is 1.17 bits per heavy atom. The lowest BCUT2D eigenvalue weighted by Crippen LogP contribution is -2.03. The molecule has 7 heteroatoms. The Labute approximate surface area is 143 Å². The lowest BCUT2D eigenvalue weighted by Gasteiger charge is -1.94. The van der Waals surface area contributed by atoms with E-state index in [1.165, 1.54) is 12.8 Å². The van der Waals surface area contributed by atoms with Gasteiger partial charge in [-0.3, -0.25) is 0 Å². The van der Waals surface area contributed by atoms with Gasteiger partial charge in [-0.2, -0.15) is 0 Å². The van der Waals surface area contributed by atoms with Crippen LogP contribution < -0.4 is 11.5 Å². The minimum absolute atomic E-state index is 0.514. The number of unbranched alkanes of at least 4 members (excludes halogenated alkanes) is 1. The number of hydrogen-bond acceptors (Lipinski definition) is 7. The molecule has 0 heterocycles. The van der Waals surface area contributed by atoms with Crippen LogP contribution in [0.15, 0.2) is 0 Å². The highest BCUT2D eigenvalue weighted by atomic mass is 17.5. The summed E-state index contributed by atoms with van der Waals surface area (Å²) in [5.74, 6) is 0. The summed E-state index contributed by atoms with van der Waals surface area (Å²) in [6, 6.07) is 0. The maximum atomic E-state index is 5.19. The SMILES string of the molecule is CCCCN.CCOC.CCOCCCN.CCOOOCC. The lowest BCUT2D eigenvalue weighted by molar-refractivity contribution is -0.509. The molecule has 0 fully saturated rings. The van der Waals surface area contributed by atoms with E-state index in [0.29, 0.717) is 13.2 Å². The molecule has 0 rings (SSSR count). The molecule has 4 N–H and O–H groups in total. The molecule has 146 valence electrons. The summed E-state index contributed by atoms with van der Waals surface area (Å²) < 4.78 is 9.54. The highest BCUT2D eigenvalue weighted by molar-refractivity contribution is 4.32. The van der Waals surface area contributed by atoms with Gasteiger partial charge < -0.3 is 20.9 Å². The minimum atomic E-state index is 0.514. The summed E-state index contributed by atoms with van der Waals surface area (Å²) in [6.45, 7) is 14.8. The van der Waals surface area contributed by atoms with Crippen LogP contribution in [0.1, 0.15) is 53.9 Å². The monoisotopic (exact) mass is 342 g/mol. The van der Waals surface area contributed by atoms with E-state index >= 15 is 0 Å². The van der Waals surface area contributed by atoms with Crippen LogP contribution in [-0.4, -0.2) is 53.2 Å². The third-order valence-corrected chi connectivity index (χ3v) is 1.88. The fourth-order valence-electron chi connectivity index (χ4n) is 0.664. The van der Waals surface area contributed by atoms with E-state index in [1.54, 1.807) is 7.11 Å². The van der Waals surface area contributed by atoms with Gasteiger partial charge >= 0.3 is 0 Å². The average molecular weight is 343 g/mol. The molecule has 23 heavy (non-hydrogen) atoms. The average Bonchev–Trinajstić information content (AvgIpc) is 2.58. The molecule has 0 bridgehead atoms. The number of nitrogens with two attached hydrogens (primary N) is 2. The van der Waals surface area contributed by atoms with Gasteiger partial charge in [-0.25, -0.2) is 9.78 Å². The van der Waals surface area contributed by atoms with Crippen molar-refractivity contribution in [3.63, 3.8) is 0 Å². The Kier molecular flexibility index (Phi) is 57.2. The Hall–Kier alpha value is -0.280. The van der Waals surface area contributed by atoms with Crippen molar-refractivity contribution < 1.29 is 24.3 Å². The van der Waals surface area contributed by atoms with Crippen LogP contribution in [-0.2, 0) is 24.3 Å². The minimum Gasteiger partial charge on any atom is -0.385 e. The third-order valence-electron chi connectivity index (χ3n) is 1.88. The second-order valence-electron chi connectivity index (χ2n) is 3.94. The summed E-state index contributed by atoms with van der Waals surface area (Å²) >= 11 is 0. The van der Waals surface area contributed by atoms with E-state index in [0.717, 1.165) is 39.3 Å². The predicted octanol–water partition coefficient (Wildman–Crippen LogP) is 2.68. The number of ether oxygens (including phenoxy) is 2. The summed E-state index contributed by atoms with van der Waals surface area (Å²) in [4.78, 5) is 8.70.